The summed E-state index contributed by atoms with van der Waals surface area (Å²) in [6, 6.07) is 1.71. The quantitative estimate of drug-likeness (QED) is 0.593. The van der Waals surface area contributed by atoms with Gasteiger partial charge in [0.15, 0.2) is 0 Å². The fourth-order valence-electron chi connectivity index (χ4n) is 3.34. The molecule has 2 N–H and O–H groups in total. The molecule has 1 aromatic carbocycles. The summed E-state index contributed by atoms with van der Waals surface area (Å²) < 4.78 is 19.6. The lowest BCUT2D eigenvalue weighted by Gasteiger charge is -2.29. The summed E-state index contributed by atoms with van der Waals surface area (Å²) in [7, 11) is 0. The molecule has 0 aliphatic carbocycles. The third-order valence-electron chi connectivity index (χ3n) is 4.50. The van der Waals surface area contributed by atoms with E-state index in [0.717, 1.165) is 6.07 Å². The van der Waals surface area contributed by atoms with Crippen molar-refractivity contribution in [2.45, 2.75) is 51.8 Å². The second-order valence-corrected chi connectivity index (χ2v) is 7.79. The molecule has 1 atom stereocenters. The lowest BCUT2D eigenvalue weighted by molar-refractivity contribution is -0.152. The molecule has 3 rings (SSSR count). The molecule has 8 nitrogen and oxygen atoms in total. The smallest absolute Gasteiger partial charge is 0.325 e. The number of halogens is 1. The minimum absolute atomic E-state index is 0.00879. The van der Waals surface area contributed by atoms with E-state index < -0.39 is 35.2 Å². The van der Waals surface area contributed by atoms with Crippen molar-refractivity contribution in [2.24, 2.45) is 0 Å². The van der Waals surface area contributed by atoms with Crippen LogP contribution in [0.25, 0.3) is 0 Å². The molecular formula is C19H22FN3O5. The van der Waals surface area contributed by atoms with Crippen LogP contribution in [0.3, 0.4) is 0 Å². The Morgan fingerprint density at radius 2 is 2.04 bits per heavy atom. The molecule has 1 fully saturated rings. The molecule has 1 saturated heterocycles. The van der Waals surface area contributed by atoms with Crippen LogP contribution in [0.1, 0.15) is 49.5 Å². The molecule has 0 bridgehead atoms. The summed E-state index contributed by atoms with van der Waals surface area (Å²) >= 11 is 0. The number of benzene rings is 1. The maximum Gasteiger partial charge on any atom is 0.325 e. The number of rotatable bonds is 4. The van der Waals surface area contributed by atoms with Gasteiger partial charge in [-0.25, -0.2) is 4.39 Å². The van der Waals surface area contributed by atoms with Crippen molar-refractivity contribution in [3.05, 3.63) is 29.1 Å². The Kier molecular flexibility index (Phi) is 5.10. The van der Waals surface area contributed by atoms with Crippen molar-refractivity contribution in [2.75, 3.05) is 11.9 Å². The van der Waals surface area contributed by atoms with Crippen molar-refractivity contribution in [1.82, 2.24) is 10.2 Å². The summed E-state index contributed by atoms with van der Waals surface area (Å²) in [6.45, 7) is 4.92. The molecule has 1 unspecified atom stereocenters. The van der Waals surface area contributed by atoms with Gasteiger partial charge in [-0.15, -0.1) is 0 Å². The minimum Gasteiger partial charge on any atom is -0.459 e. The summed E-state index contributed by atoms with van der Waals surface area (Å²) in [5, 5.41) is 4.93. The second-order valence-electron chi connectivity index (χ2n) is 7.79. The van der Waals surface area contributed by atoms with Crippen LogP contribution in [0.5, 0.6) is 0 Å². The normalized spacial score (nSPS) is 19.4. The van der Waals surface area contributed by atoms with Gasteiger partial charge in [0.2, 0.25) is 11.8 Å². The predicted molar refractivity (Wildman–Crippen MR) is 96.8 cm³/mol. The van der Waals surface area contributed by atoms with Crippen molar-refractivity contribution in [3.63, 3.8) is 0 Å². The highest BCUT2D eigenvalue weighted by molar-refractivity contribution is 6.06. The Morgan fingerprint density at radius 1 is 1.32 bits per heavy atom. The number of imide groups is 1. The molecule has 2 heterocycles. The zero-order valence-corrected chi connectivity index (χ0v) is 15.9. The molecule has 3 amide bonds. The van der Waals surface area contributed by atoms with Crippen molar-refractivity contribution in [3.8, 4) is 0 Å². The first kappa shape index (κ1) is 19.8. The van der Waals surface area contributed by atoms with Crippen LogP contribution < -0.4 is 10.6 Å². The van der Waals surface area contributed by atoms with E-state index in [2.05, 4.69) is 10.6 Å². The molecule has 28 heavy (non-hydrogen) atoms. The molecular weight excluding hydrogens is 369 g/mol. The number of anilines is 1. The van der Waals surface area contributed by atoms with Crippen LogP contribution in [0, 0.1) is 5.82 Å². The maximum absolute atomic E-state index is 14.4. The number of piperidine rings is 1. The van der Waals surface area contributed by atoms with E-state index in [1.807, 2.05) is 0 Å². The summed E-state index contributed by atoms with van der Waals surface area (Å²) in [5.74, 6) is -2.50. The van der Waals surface area contributed by atoms with Crippen LogP contribution >= 0.6 is 0 Å². The fourth-order valence-corrected chi connectivity index (χ4v) is 3.34. The van der Waals surface area contributed by atoms with Crippen LogP contribution in [0.15, 0.2) is 12.1 Å². The van der Waals surface area contributed by atoms with Crippen LogP contribution in [-0.2, 0) is 25.7 Å². The fraction of sp³-hybridized carbons (Fsp3) is 0.474. The zero-order valence-electron chi connectivity index (χ0n) is 15.9. The molecule has 0 spiro atoms. The summed E-state index contributed by atoms with van der Waals surface area (Å²) in [6.07, 6.45) is 0.349. The Bertz CT molecular complexity index is 862. The van der Waals surface area contributed by atoms with E-state index >= 15 is 0 Å². The molecule has 0 radical (unpaired) electrons. The zero-order chi connectivity index (χ0) is 20.6. The second kappa shape index (κ2) is 7.21. The first-order valence-corrected chi connectivity index (χ1v) is 8.98. The van der Waals surface area contributed by atoms with E-state index in [1.54, 1.807) is 20.8 Å². The number of ether oxygens (including phenoxy) is 1. The van der Waals surface area contributed by atoms with Crippen molar-refractivity contribution in [1.29, 1.82) is 0 Å². The largest absolute Gasteiger partial charge is 0.459 e. The van der Waals surface area contributed by atoms with Gasteiger partial charge in [-0.2, -0.15) is 0 Å². The van der Waals surface area contributed by atoms with Gasteiger partial charge >= 0.3 is 5.97 Å². The molecule has 2 aliphatic rings. The highest BCUT2D eigenvalue weighted by atomic mass is 19.1. The van der Waals surface area contributed by atoms with Crippen LogP contribution in [0.2, 0.25) is 0 Å². The van der Waals surface area contributed by atoms with E-state index in [0.29, 0.717) is 5.56 Å². The van der Waals surface area contributed by atoms with Crippen molar-refractivity contribution >= 4 is 29.4 Å². The number of carbonyl (C=O) groups excluding carboxylic acids is 4. The molecule has 1 aromatic rings. The molecule has 9 heteroatoms. The van der Waals surface area contributed by atoms with Gasteiger partial charge in [0.05, 0.1) is 5.69 Å². The first-order chi connectivity index (χ1) is 13.1. The maximum atomic E-state index is 14.4. The lowest BCUT2D eigenvalue weighted by atomic mass is 10.0. The van der Waals surface area contributed by atoms with E-state index in [4.69, 9.17) is 4.74 Å². The Labute approximate surface area is 161 Å². The Balaban J connectivity index is 1.79. The van der Waals surface area contributed by atoms with Gasteiger partial charge in [0.1, 0.15) is 24.0 Å². The number of nitrogens with one attached hydrogen (secondary N) is 2. The number of hydrogen-bond donors (Lipinski definition) is 2. The van der Waals surface area contributed by atoms with Gasteiger partial charge in [0.25, 0.3) is 5.91 Å². The average molecular weight is 391 g/mol. The van der Waals surface area contributed by atoms with Gasteiger partial charge in [-0.05, 0) is 39.3 Å². The number of carbonyl (C=O) groups is 4. The summed E-state index contributed by atoms with van der Waals surface area (Å²) in [5.41, 5.74) is -0.00311. The number of amides is 3. The van der Waals surface area contributed by atoms with E-state index in [-0.39, 0.29) is 43.1 Å². The third-order valence-corrected chi connectivity index (χ3v) is 4.50. The summed E-state index contributed by atoms with van der Waals surface area (Å²) in [4.78, 5) is 49.4. The standard InChI is InChI=1S/C19H22FN3O5/c1-19(2,3)28-15(25)8-21-16-11-9-23(13-6-7-14(24)22-17(13)26)18(27)10(11)4-5-12(16)20/h4-5,13,21H,6-9H2,1-3H3,(H,22,24,26). The Morgan fingerprint density at radius 3 is 2.68 bits per heavy atom. The third kappa shape index (κ3) is 3.97. The molecule has 0 saturated carbocycles. The van der Waals surface area contributed by atoms with E-state index in [9.17, 15) is 23.6 Å². The predicted octanol–water partition coefficient (Wildman–Crippen LogP) is 1.34. The lowest BCUT2D eigenvalue weighted by Crippen LogP contribution is -2.52. The number of fused-ring (bicyclic) bond motifs is 1. The topological polar surface area (TPSA) is 105 Å². The first-order valence-electron chi connectivity index (χ1n) is 8.98. The number of hydrogen-bond acceptors (Lipinski definition) is 6. The highest BCUT2D eigenvalue weighted by Gasteiger charge is 2.40. The molecule has 0 aromatic heterocycles. The van der Waals surface area contributed by atoms with Crippen molar-refractivity contribution < 1.29 is 28.3 Å². The monoisotopic (exact) mass is 391 g/mol. The number of esters is 1. The highest BCUT2D eigenvalue weighted by Crippen LogP contribution is 2.34. The minimum atomic E-state index is -0.792. The molecule has 150 valence electrons. The van der Waals surface area contributed by atoms with Gasteiger partial charge < -0.3 is 15.0 Å². The Hall–Kier alpha value is -2.97. The van der Waals surface area contributed by atoms with Gasteiger partial charge in [-0.1, -0.05) is 0 Å². The SMILES string of the molecule is CC(C)(C)OC(=O)CNc1c(F)ccc2c1CN(C1CCC(=O)NC1=O)C2=O. The molecule has 2 aliphatic heterocycles. The van der Waals surface area contributed by atoms with E-state index in [1.165, 1.54) is 11.0 Å². The van der Waals surface area contributed by atoms with Crippen LogP contribution in [0.4, 0.5) is 10.1 Å². The van der Waals surface area contributed by atoms with Gasteiger partial charge in [-0.3, -0.25) is 24.5 Å². The van der Waals surface area contributed by atoms with Gasteiger partial charge in [0, 0.05) is 24.1 Å². The average Bonchev–Trinajstić information content (AvgIpc) is 2.89. The van der Waals surface area contributed by atoms with Crippen LogP contribution in [-0.4, -0.2) is 46.8 Å². The number of nitrogens with zero attached hydrogens (tertiary/aromatic N) is 1.